The highest BCUT2D eigenvalue weighted by molar-refractivity contribution is 5.87. The molecule has 1 N–H and O–H groups in total. The van der Waals surface area contributed by atoms with E-state index in [4.69, 9.17) is 14.8 Å². The summed E-state index contributed by atoms with van der Waals surface area (Å²) in [6, 6.07) is 21.5. The first-order valence-electron chi connectivity index (χ1n) is 12.2. The minimum absolute atomic E-state index is 0.152. The summed E-state index contributed by atoms with van der Waals surface area (Å²) in [4.78, 5) is 29.3. The van der Waals surface area contributed by atoms with Crippen molar-refractivity contribution in [3.8, 4) is 5.75 Å². The van der Waals surface area contributed by atoms with Crippen LogP contribution in [0.4, 0.5) is 0 Å². The van der Waals surface area contributed by atoms with Crippen LogP contribution >= 0.6 is 0 Å². The van der Waals surface area contributed by atoms with Crippen LogP contribution in [0.3, 0.4) is 0 Å². The van der Waals surface area contributed by atoms with Gasteiger partial charge >= 0.3 is 5.97 Å². The SMILES string of the molecule is O=C(O)c1cccc(COc2ccc(C=Nn3c(C4CCCCC4)nc4ccccc4c3=O)cc2)c1. The molecule has 0 spiro atoms. The number of para-hydroxylation sites is 1. The van der Waals surface area contributed by atoms with Crippen molar-refractivity contribution in [1.29, 1.82) is 0 Å². The van der Waals surface area contributed by atoms with Crippen molar-refractivity contribution in [2.24, 2.45) is 5.10 Å². The topological polar surface area (TPSA) is 93.8 Å². The van der Waals surface area contributed by atoms with Crippen LogP contribution < -0.4 is 10.3 Å². The van der Waals surface area contributed by atoms with Gasteiger partial charge in [0, 0.05) is 5.92 Å². The van der Waals surface area contributed by atoms with Gasteiger partial charge in [0.2, 0.25) is 0 Å². The van der Waals surface area contributed by atoms with E-state index in [9.17, 15) is 9.59 Å². The summed E-state index contributed by atoms with van der Waals surface area (Å²) in [6.45, 7) is 0.261. The Labute approximate surface area is 208 Å². The van der Waals surface area contributed by atoms with E-state index in [0.29, 0.717) is 16.7 Å². The number of aromatic carboxylic acids is 1. The standard InChI is InChI=1S/C29H27N3O4/c33-28-25-11-4-5-12-26(25)31-27(22-8-2-1-3-9-22)32(28)30-18-20-13-15-24(16-14-20)36-19-21-7-6-10-23(17-21)29(34)35/h4-7,10-18,22H,1-3,8-9,19H2,(H,34,35). The van der Waals surface area contributed by atoms with Gasteiger partial charge in [0.05, 0.1) is 22.7 Å². The molecule has 3 aromatic carbocycles. The molecule has 0 aliphatic heterocycles. The Hall–Kier alpha value is -4.26. The van der Waals surface area contributed by atoms with E-state index >= 15 is 0 Å². The van der Waals surface area contributed by atoms with Crippen LogP contribution in [0.15, 0.2) is 82.7 Å². The Balaban J connectivity index is 1.36. The van der Waals surface area contributed by atoms with Crippen molar-refractivity contribution in [2.75, 3.05) is 0 Å². The molecule has 4 aromatic rings. The molecule has 1 saturated carbocycles. The maximum absolute atomic E-state index is 13.3. The summed E-state index contributed by atoms with van der Waals surface area (Å²) in [5.41, 5.74) is 2.39. The molecule has 0 radical (unpaired) electrons. The van der Waals surface area contributed by atoms with Gasteiger partial charge in [-0.1, -0.05) is 43.5 Å². The lowest BCUT2D eigenvalue weighted by Crippen LogP contribution is -2.25. The molecule has 1 heterocycles. The number of rotatable bonds is 7. The second-order valence-electron chi connectivity index (χ2n) is 9.05. The molecular weight excluding hydrogens is 454 g/mol. The third kappa shape index (κ3) is 5.20. The fourth-order valence-electron chi connectivity index (χ4n) is 4.61. The molecule has 0 amide bonds. The minimum Gasteiger partial charge on any atom is -0.489 e. The monoisotopic (exact) mass is 481 g/mol. The van der Waals surface area contributed by atoms with Crippen LogP contribution in [-0.2, 0) is 6.61 Å². The van der Waals surface area contributed by atoms with Gasteiger partial charge < -0.3 is 9.84 Å². The van der Waals surface area contributed by atoms with Crippen LogP contribution in [0.25, 0.3) is 10.9 Å². The number of ether oxygens (including phenoxy) is 1. The molecular formula is C29H27N3O4. The lowest BCUT2D eigenvalue weighted by molar-refractivity contribution is 0.0696. The van der Waals surface area contributed by atoms with Crippen molar-refractivity contribution in [1.82, 2.24) is 9.66 Å². The number of hydrogen-bond acceptors (Lipinski definition) is 5. The van der Waals surface area contributed by atoms with Gasteiger partial charge in [-0.2, -0.15) is 9.78 Å². The second-order valence-corrected chi connectivity index (χ2v) is 9.05. The smallest absolute Gasteiger partial charge is 0.335 e. The molecule has 1 aromatic heterocycles. The third-order valence-corrected chi connectivity index (χ3v) is 6.53. The average molecular weight is 482 g/mol. The van der Waals surface area contributed by atoms with Crippen LogP contribution in [-0.4, -0.2) is 27.0 Å². The number of aromatic nitrogens is 2. The summed E-state index contributed by atoms with van der Waals surface area (Å²) in [5.74, 6) is 0.648. The van der Waals surface area contributed by atoms with Crippen molar-refractivity contribution in [3.05, 3.63) is 106 Å². The lowest BCUT2D eigenvalue weighted by atomic mass is 9.88. The van der Waals surface area contributed by atoms with Gasteiger partial charge in [-0.15, -0.1) is 0 Å². The van der Waals surface area contributed by atoms with Gasteiger partial charge in [-0.25, -0.2) is 9.78 Å². The quantitative estimate of drug-likeness (QED) is 0.347. The van der Waals surface area contributed by atoms with Crippen molar-refractivity contribution < 1.29 is 14.6 Å². The summed E-state index contributed by atoms with van der Waals surface area (Å²) < 4.78 is 7.28. The summed E-state index contributed by atoms with van der Waals surface area (Å²) in [5, 5.41) is 14.3. The third-order valence-electron chi connectivity index (χ3n) is 6.53. The lowest BCUT2D eigenvalue weighted by Gasteiger charge is -2.22. The maximum atomic E-state index is 13.3. The van der Waals surface area contributed by atoms with E-state index in [1.54, 1.807) is 30.5 Å². The number of benzene rings is 3. The first kappa shape index (κ1) is 23.5. The predicted molar refractivity (Wildman–Crippen MR) is 139 cm³/mol. The second kappa shape index (κ2) is 10.6. The Morgan fingerprint density at radius 1 is 1.03 bits per heavy atom. The van der Waals surface area contributed by atoms with E-state index in [1.807, 2.05) is 48.5 Å². The molecule has 1 aliphatic carbocycles. The normalized spacial score (nSPS) is 14.3. The van der Waals surface area contributed by atoms with Crippen LogP contribution in [0, 0.1) is 0 Å². The number of fused-ring (bicyclic) bond motifs is 1. The van der Waals surface area contributed by atoms with Crippen molar-refractivity contribution >= 4 is 23.1 Å². The van der Waals surface area contributed by atoms with Gasteiger partial charge in [0.25, 0.3) is 5.56 Å². The van der Waals surface area contributed by atoms with E-state index in [2.05, 4.69) is 5.10 Å². The first-order valence-corrected chi connectivity index (χ1v) is 12.2. The molecule has 7 nitrogen and oxygen atoms in total. The Morgan fingerprint density at radius 3 is 2.58 bits per heavy atom. The fourth-order valence-corrected chi connectivity index (χ4v) is 4.61. The van der Waals surface area contributed by atoms with E-state index < -0.39 is 5.97 Å². The highest BCUT2D eigenvalue weighted by Crippen LogP contribution is 2.31. The molecule has 36 heavy (non-hydrogen) atoms. The van der Waals surface area contributed by atoms with Crippen LogP contribution in [0.5, 0.6) is 5.75 Å². The molecule has 5 rings (SSSR count). The van der Waals surface area contributed by atoms with Gasteiger partial charge in [0.15, 0.2) is 0 Å². The van der Waals surface area contributed by atoms with Crippen molar-refractivity contribution in [2.45, 2.75) is 44.6 Å². The molecule has 0 atom stereocenters. The van der Waals surface area contributed by atoms with Crippen LogP contribution in [0.2, 0.25) is 0 Å². The Morgan fingerprint density at radius 2 is 1.81 bits per heavy atom. The summed E-state index contributed by atoms with van der Waals surface area (Å²) in [7, 11) is 0. The number of carboxylic acid groups (broad SMARTS) is 1. The zero-order chi connectivity index (χ0) is 24.9. The number of carbonyl (C=O) groups is 1. The Bertz CT molecular complexity index is 1470. The molecule has 1 aliphatic rings. The zero-order valence-corrected chi connectivity index (χ0v) is 19.8. The highest BCUT2D eigenvalue weighted by atomic mass is 16.5. The minimum atomic E-state index is -0.965. The van der Waals surface area contributed by atoms with Gasteiger partial charge in [-0.05, 0) is 72.5 Å². The van der Waals surface area contributed by atoms with Gasteiger partial charge in [-0.3, -0.25) is 4.79 Å². The summed E-state index contributed by atoms with van der Waals surface area (Å²) in [6.07, 6.45) is 7.20. The van der Waals surface area contributed by atoms with E-state index in [1.165, 1.54) is 11.1 Å². The van der Waals surface area contributed by atoms with Crippen LogP contribution in [0.1, 0.15) is 65.3 Å². The fraction of sp³-hybridized carbons (Fsp3) is 0.241. The van der Waals surface area contributed by atoms with E-state index in [0.717, 1.165) is 42.6 Å². The summed E-state index contributed by atoms with van der Waals surface area (Å²) >= 11 is 0. The molecule has 1 fully saturated rings. The number of nitrogens with zero attached hydrogens (tertiary/aromatic N) is 3. The molecule has 0 saturated heterocycles. The largest absolute Gasteiger partial charge is 0.489 e. The predicted octanol–water partition coefficient (Wildman–Crippen LogP) is 5.60. The van der Waals surface area contributed by atoms with Crippen molar-refractivity contribution in [3.63, 3.8) is 0 Å². The molecule has 0 bridgehead atoms. The number of hydrogen-bond donors (Lipinski definition) is 1. The molecule has 0 unspecified atom stereocenters. The molecule has 7 heteroatoms. The van der Waals surface area contributed by atoms with E-state index in [-0.39, 0.29) is 23.6 Å². The highest BCUT2D eigenvalue weighted by Gasteiger charge is 2.22. The molecule has 182 valence electrons. The first-order chi connectivity index (χ1) is 17.6. The Kier molecular flexibility index (Phi) is 6.89. The maximum Gasteiger partial charge on any atom is 0.335 e. The van der Waals surface area contributed by atoms with Gasteiger partial charge in [0.1, 0.15) is 18.2 Å². The average Bonchev–Trinajstić information content (AvgIpc) is 2.92. The number of carboxylic acids is 1. The zero-order valence-electron chi connectivity index (χ0n) is 19.8.